The van der Waals surface area contributed by atoms with Crippen LogP contribution in [-0.4, -0.2) is 28.0 Å². The lowest BCUT2D eigenvalue weighted by Gasteiger charge is -2.24. The molecule has 0 radical (unpaired) electrons. The first-order chi connectivity index (χ1) is 5.47. The predicted octanol–water partition coefficient (Wildman–Crippen LogP) is 2.91. The maximum absolute atomic E-state index is 8.86. The average molecular weight is 207 g/mol. The van der Waals surface area contributed by atoms with Crippen LogP contribution in [0.25, 0.3) is 0 Å². The van der Waals surface area contributed by atoms with Gasteiger partial charge in [0.2, 0.25) is 0 Å². The first-order valence-corrected chi connectivity index (χ1v) is 6.33. The Kier molecular flexibility index (Phi) is 5.09. The zero-order valence-corrected chi connectivity index (χ0v) is 9.92. The summed E-state index contributed by atoms with van der Waals surface area (Å²) in [4.78, 5) is 0. The van der Waals surface area contributed by atoms with Crippen molar-refractivity contribution in [1.29, 1.82) is 0 Å². The van der Waals surface area contributed by atoms with Gasteiger partial charge >= 0.3 is 0 Å². The predicted molar refractivity (Wildman–Crippen MR) is 59.5 cm³/mol. The highest BCUT2D eigenvalue weighted by molar-refractivity contribution is 8.17. The number of hydrogen-bond donors (Lipinski definition) is 1. The van der Waals surface area contributed by atoms with E-state index in [9.17, 15) is 0 Å². The minimum absolute atomic E-state index is 0.0502. The van der Waals surface area contributed by atoms with Gasteiger partial charge in [0.25, 0.3) is 0 Å². The van der Waals surface area contributed by atoms with Crippen LogP contribution in [0, 0.1) is 5.41 Å². The van der Waals surface area contributed by atoms with Crippen molar-refractivity contribution in [2.75, 3.05) is 12.5 Å². The molecule has 0 unspecified atom stereocenters. The van der Waals surface area contributed by atoms with Crippen molar-refractivity contribution in [3.05, 3.63) is 0 Å². The number of nitrogens with zero attached hydrogens (tertiary/aromatic N) is 1. The van der Waals surface area contributed by atoms with Crippen molar-refractivity contribution in [2.45, 2.75) is 25.4 Å². The second-order valence-corrected chi connectivity index (χ2v) is 5.72. The third-order valence-corrected chi connectivity index (χ3v) is 3.99. The van der Waals surface area contributed by atoms with Gasteiger partial charge in [0.05, 0.1) is 10.3 Å². The Hall–Kier alpha value is 0.170. The summed E-state index contributed by atoms with van der Waals surface area (Å²) in [5.74, 6) is 0. The molecule has 0 aliphatic rings. The van der Waals surface area contributed by atoms with E-state index in [4.69, 9.17) is 5.21 Å². The molecule has 12 heavy (non-hydrogen) atoms. The summed E-state index contributed by atoms with van der Waals surface area (Å²) >= 11 is 3.40. The maximum atomic E-state index is 8.86. The molecule has 0 aromatic rings. The van der Waals surface area contributed by atoms with E-state index >= 15 is 0 Å². The van der Waals surface area contributed by atoms with Crippen LogP contribution in [0.5, 0.6) is 0 Å². The highest BCUT2D eigenvalue weighted by atomic mass is 32.2. The Labute approximate surface area is 83.2 Å². The van der Waals surface area contributed by atoms with Gasteiger partial charge in [0, 0.05) is 5.41 Å². The van der Waals surface area contributed by atoms with Gasteiger partial charge in [-0.1, -0.05) is 25.9 Å². The van der Waals surface area contributed by atoms with Crippen molar-refractivity contribution in [2.24, 2.45) is 10.6 Å². The van der Waals surface area contributed by atoms with Gasteiger partial charge in [0.15, 0.2) is 0 Å². The van der Waals surface area contributed by atoms with Gasteiger partial charge in [-0.3, -0.25) is 0 Å². The van der Waals surface area contributed by atoms with E-state index in [0.29, 0.717) is 0 Å². The maximum Gasteiger partial charge on any atom is 0.0915 e. The summed E-state index contributed by atoms with van der Waals surface area (Å²) in [5.41, 5.74) is 0.799. The molecule has 0 fully saturated rings. The molecule has 0 heterocycles. The van der Waals surface area contributed by atoms with Crippen molar-refractivity contribution in [3.8, 4) is 0 Å². The van der Waals surface area contributed by atoms with Gasteiger partial charge in [-0.25, -0.2) is 0 Å². The molecule has 0 spiro atoms. The summed E-state index contributed by atoms with van der Waals surface area (Å²) < 4.78 is 0.259. The Balaban J connectivity index is 4.56. The topological polar surface area (TPSA) is 32.6 Å². The number of rotatable bonds is 3. The molecular weight excluding hydrogens is 190 g/mol. The van der Waals surface area contributed by atoms with Crippen LogP contribution >= 0.6 is 23.5 Å². The molecule has 0 saturated heterocycles. The van der Waals surface area contributed by atoms with Gasteiger partial charge in [-0.05, 0) is 12.5 Å². The second kappa shape index (κ2) is 5.02. The highest BCUT2D eigenvalue weighted by Crippen LogP contribution is 2.29. The molecule has 0 bridgehead atoms. The van der Waals surface area contributed by atoms with Crippen LogP contribution in [0.15, 0.2) is 5.16 Å². The first-order valence-electron chi connectivity index (χ1n) is 3.75. The fourth-order valence-corrected chi connectivity index (χ4v) is 2.89. The van der Waals surface area contributed by atoms with Crippen molar-refractivity contribution < 1.29 is 5.21 Å². The Morgan fingerprint density at radius 1 is 1.25 bits per heavy atom. The van der Waals surface area contributed by atoms with E-state index in [1.165, 1.54) is 0 Å². The minimum atomic E-state index is -0.0502. The van der Waals surface area contributed by atoms with Crippen LogP contribution in [-0.2, 0) is 0 Å². The molecule has 1 N–H and O–H groups in total. The Bertz CT molecular complexity index is 159. The molecule has 0 saturated carbocycles. The molecule has 0 aliphatic carbocycles. The van der Waals surface area contributed by atoms with Gasteiger partial charge < -0.3 is 5.21 Å². The lowest BCUT2D eigenvalue weighted by atomic mass is 9.91. The van der Waals surface area contributed by atoms with E-state index in [1.807, 2.05) is 12.5 Å². The fourth-order valence-electron chi connectivity index (χ4n) is 0.870. The molecule has 4 heteroatoms. The molecular formula is C8H17NOS2. The molecule has 0 aromatic heterocycles. The van der Waals surface area contributed by atoms with Gasteiger partial charge in [-0.2, -0.15) is 0 Å². The summed E-state index contributed by atoms with van der Waals surface area (Å²) in [6, 6.07) is 0. The van der Waals surface area contributed by atoms with Gasteiger partial charge in [-0.15, -0.1) is 23.5 Å². The van der Waals surface area contributed by atoms with E-state index in [2.05, 4.69) is 25.9 Å². The van der Waals surface area contributed by atoms with Crippen LogP contribution in [0.3, 0.4) is 0 Å². The molecule has 0 aromatic carbocycles. The molecule has 72 valence electrons. The van der Waals surface area contributed by atoms with Crippen molar-refractivity contribution in [3.63, 3.8) is 0 Å². The molecule has 0 atom stereocenters. The van der Waals surface area contributed by atoms with Crippen molar-refractivity contribution in [1.82, 2.24) is 0 Å². The summed E-state index contributed by atoms with van der Waals surface area (Å²) in [5, 5.41) is 12.2. The summed E-state index contributed by atoms with van der Waals surface area (Å²) in [6.45, 7) is 6.17. The van der Waals surface area contributed by atoms with Crippen molar-refractivity contribution >= 4 is 29.2 Å². The summed E-state index contributed by atoms with van der Waals surface area (Å²) in [6.07, 6.45) is 4.05. The highest BCUT2D eigenvalue weighted by Gasteiger charge is 2.26. The van der Waals surface area contributed by atoms with Crippen LogP contribution < -0.4 is 0 Å². The zero-order valence-electron chi connectivity index (χ0n) is 8.29. The lowest BCUT2D eigenvalue weighted by Crippen LogP contribution is -2.28. The van der Waals surface area contributed by atoms with Crippen LogP contribution in [0.4, 0.5) is 0 Å². The largest absolute Gasteiger partial charge is 0.411 e. The van der Waals surface area contributed by atoms with E-state index in [0.717, 1.165) is 5.71 Å². The summed E-state index contributed by atoms with van der Waals surface area (Å²) in [7, 11) is 0. The Morgan fingerprint density at radius 3 is 1.75 bits per heavy atom. The third-order valence-electron chi connectivity index (χ3n) is 1.53. The molecule has 0 amide bonds. The molecule has 2 nitrogen and oxygen atoms in total. The average Bonchev–Trinajstić information content (AvgIpc) is 1.97. The smallest absolute Gasteiger partial charge is 0.0915 e. The standard InChI is InChI=1S/C8H17NOS2/c1-8(2,3)6(9-10)7(11-4)12-5/h7,10H,1-5H3/b9-6-. The number of thioether (sulfide) groups is 2. The number of hydrogen-bond acceptors (Lipinski definition) is 4. The normalized spacial score (nSPS) is 14.0. The van der Waals surface area contributed by atoms with Crippen LogP contribution in [0.2, 0.25) is 0 Å². The van der Waals surface area contributed by atoms with E-state index < -0.39 is 0 Å². The van der Waals surface area contributed by atoms with Crippen LogP contribution in [0.1, 0.15) is 20.8 Å². The van der Waals surface area contributed by atoms with E-state index in [1.54, 1.807) is 23.5 Å². The molecule has 0 rings (SSSR count). The zero-order chi connectivity index (χ0) is 9.78. The SMILES string of the molecule is CSC(SC)/C(=N/O)C(C)(C)C. The minimum Gasteiger partial charge on any atom is -0.411 e. The fraction of sp³-hybridized carbons (Fsp3) is 0.875. The van der Waals surface area contributed by atoms with Gasteiger partial charge in [0.1, 0.15) is 0 Å². The third kappa shape index (κ3) is 3.27. The monoisotopic (exact) mass is 207 g/mol. The molecule has 0 aliphatic heterocycles. The quantitative estimate of drug-likeness (QED) is 0.334. The Morgan fingerprint density at radius 2 is 1.67 bits per heavy atom. The second-order valence-electron chi connectivity index (χ2n) is 3.54. The first kappa shape index (κ1) is 12.2. The lowest BCUT2D eigenvalue weighted by molar-refractivity contribution is 0.310. The number of oxime groups is 1. The van der Waals surface area contributed by atoms with E-state index in [-0.39, 0.29) is 10.00 Å².